The van der Waals surface area contributed by atoms with E-state index in [0.29, 0.717) is 11.9 Å². The van der Waals surface area contributed by atoms with Gasteiger partial charge in [-0.2, -0.15) is 18.4 Å². The molecule has 4 rings (SSSR count). The molecule has 1 aliphatic heterocycles. The van der Waals surface area contributed by atoms with E-state index in [1.165, 1.54) is 43.4 Å². The Morgan fingerprint density at radius 1 is 1.28 bits per heavy atom. The standard InChI is InChI=1S/C22H19F3N8O3/c1-11(34)29-17-7-13(4-5-27-17)36-16-9-28-19-18(14(16)8-26)33(3)21(31-19)30-15-6-12(22(23,24)25)10-32(2)20(15)35/h4-7,9-10,21,30H,1-3H3,(H,28,31)(H,27,29,34). The van der Waals surface area contributed by atoms with Crippen molar-refractivity contribution in [1.82, 2.24) is 14.5 Å². The van der Waals surface area contributed by atoms with E-state index in [4.69, 9.17) is 4.74 Å². The highest BCUT2D eigenvalue weighted by atomic mass is 19.4. The third kappa shape index (κ3) is 4.71. The van der Waals surface area contributed by atoms with Gasteiger partial charge in [0.15, 0.2) is 17.9 Å². The van der Waals surface area contributed by atoms with Crippen LogP contribution in [0.15, 0.2) is 41.6 Å². The number of aromatic nitrogens is 3. The first kappa shape index (κ1) is 24.3. The van der Waals surface area contributed by atoms with Crippen molar-refractivity contribution in [1.29, 1.82) is 5.26 Å². The van der Waals surface area contributed by atoms with E-state index in [0.717, 1.165) is 10.6 Å². The summed E-state index contributed by atoms with van der Waals surface area (Å²) in [7, 11) is 2.79. The number of hydrogen-bond donors (Lipinski definition) is 3. The molecule has 3 N–H and O–H groups in total. The van der Waals surface area contributed by atoms with Crippen LogP contribution in [0.5, 0.6) is 11.5 Å². The number of rotatable bonds is 5. The molecule has 0 saturated carbocycles. The number of nitrogens with one attached hydrogen (secondary N) is 3. The highest BCUT2D eigenvalue weighted by Gasteiger charge is 2.35. The van der Waals surface area contributed by atoms with E-state index in [9.17, 15) is 28.0 Å². The van der Waals surface area contributed by atoms with Crippen LogP contribution in [0.3, 0.4) is 0 Å². The van der Waals surface area contributed by atoms with E-state index >= 15 is 0 Å². The predicted molar refractivity (Wildman–Crippen MR) is 124 cm³/mol. The van der Waals surface area contributed by atoms with Crippen molar-refractivity contribution < 1.29 is 22.7 Å². The Hall–Kier alpha value is -4.80. The normalized spacial score (nSPS) is 14.5. The van der Waals surface area contributed by atoms with E-state index in [-0.39, 0.29) is 40.3 Å². The Morgan fingerprint density at radius 2 is 2.03 bits per heavy atom. The van der Waals surface area contributed by atoms with Crippen LogP contribution in [0.2, 0.25) is 0 Å². The van der Waals surface area contributed by atoms with Crippen LogP contribution in [0.1, 0.15) is 18.1 Å². The van der Waals surface area contributed by atoms with Gasteiger partial charge in [0.2, 0.25) is 5.91 Å². The van der Waals surface area contributed by atoms with Gasteiger partial charge in [-0.15, -0.1) is 0 Å². The number of amides is 1. The average molecular weight is 500 g/mol. The van der Waals surface area contributed by atoms with Gasteiger partial charge < -0.3 is 30.2 Å². The number of fused-ring (bicyclic) bond motifs is 1. The summed E-state index contributed by atoms with van der Waals surface area (Å²) in [5, 5.41) is 18.1. The SMILES string of the molecule is CC(=O)Nc1cc(Oc2cnc3c(c2C#N)N(C)C(Nc2cc(C(F)(F)F)cn(C)c2=O)N3)ccn1. The zero-order valence-corrected chi connectivity index (χ0v) is 19.1. The van der Waals surface area contributed by atoms with Gasteiger partial charge in [0, 0.05) is 39.5 Å². The molecule has 0 aromatic carbocycles. The average Bonchev–Trinajstić information content (AvgIpc) is 3.11. The highest BCUT2D eigenvalue weighted by molar-refractivity contribution is 5.87. The number of nitrogens with zero attached hydrogens (tertiary/aromatic N) is 5. The number of aryl methyl sites for hydroxylation is 1. The fourth-order valence-electron chi connectivity index (χ4n) is 3.57. The van der Waals surface area contributed by atoms with Gasteiger partial charge in [0.25, 0.3) is 5.56 Å². The quantitative estimate of drug-likeness (QED) is 0.483. The van der Waals surface area contributed by atoms with Crippen LogP contribution in [-0.2, 0) is 18.0 Å². The molecule has 4 heterocycles. The minimum Gasteiger partial charge on any atom is -0.454 e. The van der Waals surface area contributed by atoms with Crippen molar-refractivity contribution in [3.05, 3.63) is 58.3 Å². The molecule has 0 radical (unpaired) electrons. The Labute approximate surface area is 202 Å². The minimum absolute atomic E-state index is 0.0918. The summed E-state index contributed by atoms with van der Waals surface area (Å²) >= 11 is 0. The molecule has 36 heavy (non-hydrogen) atoms. The van der Waals surface area contributed by atoms with E-state index < -0.39 is 23.6 Å². The van der Waals surface area contributed by atoms with Crippen molar-refractivity contribution in [2.24, 2.45) is 7.05 Å². The van der Waals surface area contributed by atoms with Crippen molar-refractivity contribution in [3.8, 4) is 17.6 Å². The summed E-state index contributed by atoms with van der Waals surface area (Å²) < 4.78 is 46.4. The number of hydrogen-bond acceptors (Lipinski definition) is 9. The van der Waals surface area contributed by atoms with Crippen LogP contribution in [-0.4, -0.2) is 33.8 Å². The molecule has 1 atom stereocenters. The molecular formula is C22H19F3N8O3. The topological polar surface area (TPSA) is 137 Å². The molecule has 1 aliphatic rings. The molecule has 1 unspecified atom stereocenters. The lowest BCUT2D eigenvalue weighted by atomic mass is 10.2. The first-order chi connectivity index (χ1) is 17.0. The van der Waals surface area contributed by atoms with E-state index in [2.05, 4.69) is 32.0 Å². The zero-order valence-electron chi connectivity index (χ0n) is 19.1. The molecular weight excluding hydrogens is 481 g/mol. The lowest BCUT2D eigenvalue weighted by Gasteiger charge is -2.24. The fourth-order valence-corrected chi connectivity index (χ4v) is 3.57. The van der Waals surface area contributed by atoms with Gasteiger partial charge in [-0.25, -0.2) is 9.97 Å². The molecule has 0 spiro atoms. The fraction of sp³-hybridized carbons (Fsp3) is 0.227. The molecule has 1 amide bonds. The summed E-state index contributed by atoms with van der Waals surface area (Å²) in [4.78, 5) is 33.5. The van der Waals surface area contributed by atoms with Gasteiger partial charge in [-0.3, -0.25) is 9.59 Å². The van der Waals surface area contributed by atoms with Gasteiger partial charge >= 0.3 is 6.18 Å². The van der Waals surface area contributed by atoms with E-state index in [1.807, 2.05) is 0 Å². The molecule has 11 nitrogen and oxygen atoms in total. The summed E-state index contributed by atoms with van der Waals surface area (Å²) in [6, 6.07) is 5.77. The third-order valence-corrected chi connectivity index (χ3v) is 5.21. The second-order valence-electron chi connectivity index (χ2n) is 7.82. The maximum Gasteiger partial charge on any atom is 0.417 e. The largest absolute Gasteiger partial charge is 0.454 e. The summed E-state index contributed by atoms with van der Waals surface area (Å²) in [5.41, 5.74) is -1.55. The molecule has 3 aromatic rings. The van der Waals surface area contributed by atoms with Crippen molar-refractivity contribution in [2.45, 2.75) is 19.4 Å². The van der Waals surface area contributed by atoms with Crippen LogP contribution >= 0.6 is 0 Å². The molecule has 14 heteroatoms. The molecule has 0 fully saturated rings. The Bertz CT molecular complexity index is 1450. The first-order valence-electron chi connectivity index (χ1n) is 10.4. The zero-order chi connectivity index (χ0) is 26.2. The van der Waals surface area contributed by atoms with Gasteiger partial charge in [-0.05, 0) is 12.1 Å². The number of nitriles is 1. The lowest BCUT2D eigenvalue weighted by Crippen LogP contribution is -2.41. The first-order valence-corrected chi connectivity index (χ1v) is 10.4. The second-order valence-corrected chi connectivity index (χ2v) is 7.82. The summed E-state index contributed by atoms with van der Waals surface area (Å²) in [6.07, 6.45) is -2.10. The summed E-state index contributed by atoms with van der Waals surface area (Å²) in [6.45, 7) is 1.33. The maximum absolute atomic E-state index is 13.2. The molecule has 0 aliphatic carbocycles. The van der Waals surface area contributed by atoms with E-state index in [1.54, 1.807) is 7.05 Å². The van der Waals surface area contributed by atoms with Crippen molar-refractivity contribution >= 4 is 28.9 Å². The lowest BCUT2D eigenvalue weighted by molar-refractivity contribution is -0.138. The van der Waals surface area contributed by atoms with Crippen LogP contribution in [0.4, 0.5) is 36.2 Å². The van der Waals surface area contributed by atoms with Crippen molar-refractivity contribution in [3.63, 3.8) is 0 Å². The Balaban J connectivity index is 1.63. The highest BCUT2D eigenvalue weighted by Crippen LogP contribution is 2.40. The number of halogens is 3. The monoisotopic (exact) mass is 500 g/mol. The minimum atomic E-state index is -4.64. The molecule has 0 bridgehead atoms. The smallest absolute Gasteiger partial charge is 0.417 e. The second kappa shape index (κ2) is 9.10. The van der Waals surface area contributed by atoms with Crippen molar-refractivity contribution in [2.75, 3.05) is 27.9 Å². The number of alkyl halides is 3. The van der Waals surface area contributed by atoms with Gasteiger partial charge in [-0.1, -0.05) is 0 Å². The molecule has 0 saturated heterocycles. The van der Waals surface area contributed by atoms with Crippen LogP contribution in [0, 0.1) is 11.3 Å². The Kier molecular flexibility index (Phi) is 6.15. The number of carbonyl (C=O) groups is 1. The molecule has 3 aromatic heterocycles. The van der Waals surface area contributed by atoms with Crippen LogP contribution in [0.25, 0.3) is 0 Å². The Morgan fingerprint density at radius 3 is 2.69 bits per heavy atom. The number of carbonyl (C=O) groups excluding carboxylic acids is 1. The number of ether oxygens (including phenoxy) is 1. The molecule has 186 valence electrons. The third-order valence-electron chi connectivity index (χ3n) is 5.21. The predicted octanol–water partition coefficient (Wildman–Crippen LogP) is 3.07. The number of anilines is 4. The maximum atomic E-state index is 13.2. The van der Waals surface area contributed by atoms with Crippen LogP contribution < -0.4 is 31.1 Å². The number of pyridine rings is 3. The summed E-state index contributed by atoms with van der Waals surface area (Å²) in [5.74, 6) is 0.566. The van der Waals surface area contributed by atoms with Gasteiger partial charge in [0.05, 0.1) is 11.8 Å². The van der Waals surface area contributed by atoms with Gasteiger partial charge in [0.1, 0.15) is 34.6 Å².